The predicted molar refractivity (Wildman–Crippen MR) is 87.4 cm³/mol. The summed E-state index contributed by atoms with van der Waals surface area (Å²) in [6.07, 6.45) is -1.17. The molecule has 0 saturated carbocycles. The molecule has 1 fully saturated rings. The van der Waals surface area contributed by atoms with Crippen LogP contribution in [0.1, 0.15) is 12.8 Å². The number of nitro benzene ring substituents is 1. The van der Waals surface area contributed by atoms with Crippen molar-refractivity contribution in [2.24, 2.45) is 0 Å². The van der Waals surface area contributed by atoms with Crippen LogP contribution in [0.25, 0.3) is 0 Å². The fraction of sp³-hybridized carbons (Fsp3) is 0.429. The van der Waals surface area contributed by atoms with Crippen molar-refractivity contribution in [1.82, 2.24) is 4.72 Å². The van der Waals surface area contributed by atoms with Crippen molar-refractivity contribution >= 4 is 33.3 Å². The van der Waals surface area contributed by atoms with Crippen LogP contribution in [0.2, 0.25) is 0 Å². The summed E-state index contributed by atoms with van der Waals surface area (Å²) in [6, 6.07) is 5.59. The van der Waals surface area contributed by atoms with E-state index in [1.54, 1.807) is 6.07 Å². The quantitative estimate of drug-likeness (QED) is 0.410. The third-order valence-electron chi connectivity index (χ3n) is 3.67. The zero-order chi connectivity index (χ0) is 18.6. The molecular formula is C14H17N3O7S. The van der Waals surface area contributed by atoms with Gasteiger partial charge >= 0.3 is 5.97 Å². The van der Waals surface area contributed by atoms with E-state index in [9.17, 15) is 28.1 Å². The first-order valence-electron chi connectivity index (χ1n) is 7.40. The number of ether oxygens (including phenoxy) is 1. The van der Waals surface area contributed by atoms with E-state index in [2.05, 4.69) is 4.72 Å². The fourth-order valence-electron chi connectivity index (χ4n) is 2.33. The van der Waals surface area contributed by atoms with Crippen LogP contribution in [0, 0.1) is 10.1 Å². The minimum absolute atomic E-state index is 0.150. The Labute approximate surface area is 144 Å². The zero-order valence-electron chi connectivity index (χ0n) is 13.4. The second-order valence-electron chi connectivity index (χ2n) is 5.31. The number of hydrogen-bond donors (Lipinski definition) is 1. The maximum atomic E-state index is 12.3. The number of rotatable bonds is 7. The number of non-ortho nitro benzene ring substituents is 1. The predicted octanol–water partition coefficient (Wildman–Crippen LogP) is 0.183. The minimum atomic E-state index is -3.54. The van der Waals surface area contributed by atoms with Gasteiger partial charge in [-0.15, -0.1) is 0 Å². The molecule has 2 rings (SSSR count). The number of nitrogens with one attached hydrogen (secondary N) is 1. The van der Waals surface area contributed by atoms with Gasteiger partial charge in [0, 0.05) is 25.1 Å². The van der Waals surface area contributed by atoms with Crippen LogP contribution in [-0.4, -0.2) is 50.7 Å². The van der Waals surface area contributed by atoms with Crippen molar-refractivity contribution in [3.05, 3.63) is 34.4 Å². The summed E-state index contributed by atoms with van der Waals surface area (Å²) in [5.41, 5.74) is 0.193. The molecule has 0 radical (unpaired) electrons. The third-order valence-corrected chi connectivity index (χ3v) is 5.03. The molecule has 11 heteroatoms. The summed E-state index contributed by atoms with van der Waals surface area (Å²) in [5.74, 6) is -1.72. The number of nitrogens with zero attached hydrogens (tertiary/aromatic N) is 2. The van der Waals surface area contributed by atoms with Gasteiger partial charge in [-0.25, -0.2) is 13.1 Å². The molecule has 1 heterocycles. The van der Waals surface area contributed by atoms with Gasteiger partial charge in [0.2, 0.25) is 10.0 Å². The molecule has 1 aromatic carbocycles. The molecule has 0 aliphatic carbocycles. The number of anilines is 1. The van der Waals surface area contributed by atoms with Gasteiger partial charge in [0.1, 0.15) is 0 Å². The van der Waals surface area contributed by atoms with E-state index >= 15 is 0 Å². The van der Waals surface area contributed by atoms with Gasteiger partial charge in [0.05, 0.1) is 22.8 Å². The summed E-state index contributed by atoms with van der Waals surface area (Å²) < 4.78 is 29.7. The Balaban J connectivity index is 1.98. The van der Waals surface area contributed by atoms with Crippen LogP contribution in [0.5, 0.6) is 0 Å². The standard InChI is InChI=1S/C14H17N3O7S/c1-15-25(22,23)8-6-13(18)24-12-5-7-16(14(12)19)10-3-2-4-11(9-10)17(20)21/h2-4,9,12,15H,5-8H2,1H3. The normalized spacial score (nSPS) is 17.6. The average Bonchev–Trinajstić information content (AvgIpc) is 2.94. The van der Waals surface area contributed by atoms with Gasteiger partial charge in [-0.05, 0) is 13.1 Å². The number of amides is 1. The largest absolute Gasteiger partial charge is 0.452 e. The number of benzene rings is 1. The molecule has 1 aromatic rings. The topological polar surface area (TPSA) is 136 Å². The Morgan fingerprint density at radius 1 is 1.48 bits per heavy atom. The summed E-state index contributed by atoms with van der Waals surface area (Å²) in [6.45, 7) is 0.243. The second kappa shape index (κ2) is 7.57. The van der Waals surface area contributed by atoms with E-state index in [0.29, 0.717) is 5.69 Å². The minimum Gasteiger partial charge on any atom is -0.452 e. The maximum Gasteiger partial charge on any atom is 0.307 e. The summed E-state index contributed by atoms with van der Waals surface area (Å²) in [7, 11) is -2.30. The first-order valence-corrected chi connectivity index (χ1v) is 9.05. The van der Waals surface area contributed by atoms with E-state index in [1.165, 1.54) is 30.1 Å². The smallest absolute Gasteiger partial charge is 0.307 e. The van der Waals surface area contributed by atoms with Crippen molar-refractivity contribution in [3.8, 4) is 0 Å². The Kier molecular flexibility index (Phi) is 5.69. The van der Waals surface area contributed by atoms with Gasteiger partial charge in [-0.1, -0.05) is 6.07 Å². The molecule has 1 aliphatic heterocycles. The Hall–Kier alpha value is -2.53. The molecule has 10 nitrogen and oxygen atoms in total. The zero-order valence-corrected chi connectivity index (χ0v) is 14.2. The second-order valence-corrected chi connectivity index (χ2v) is 7.35. The number of hydrogen-bond acceptors (Lipinski definition) is 7. The number of sulfonamides is 1. The lowest BCUT2D eigenvalue weighted by Crippen LogP contribution is -2.32. The van der Waals surface area contributed by atoms with Crippen molar-refractivity contribution in [2.75, 3.05) is 24.2 Å². The van der Waals surface area contributed by atoms with Gasteiger partial charge in [0.25, 0.3) is 11.6 Å². The number of carbonyl (C=O) groups is 2. The summed E-state index contributed by atoms with van der Waals surface area (Å²) in [4.78, 5) is 35.6. The average molecular weight is 371 g/mol. The molecule has 0 bridgehead atoms. The Morgan fingerprint density at radius 3 is 2.84 bits per heavy atom. The Morgan fingerprint density at radius 2 is 2.20 bits per heavy atom. The monoisotopic (exact) mass is 371 g/mol. The number of nitro groups is 1. The van der Waals surface area contributed by atoms with Crippen LogP contribution in [0.15, 0.2) is 24.3 Å². The van der Waals surface area contributed by atoms with E-state index in [-0.39, 0.29) is 25.1 Å². The van der Waals surface area contributed by atoms with E-state index in [0.717, 1.165) is 0 Å². The van der Waals surface area contributed by atoms with Crippen LogP contribution >= 0.6 is 0 Å². The highest BCUT2D eigenvalue weighted by molar-refractivity contribution is 7.89. The molecule has 1 aliphatic rings. The first kappa shape index (κ1) is 18.8. The van der Waals surface area contributed by atoms with Crippen LogP contribution in [0.3, 0.4) is 0 Å². The van der Waals surface area contributed by atoms with E-state index in [1.807, 2.05) is 0 Å². The van der Waals surface area contributed by atoms with Crippen molar-refractivity contribution < 1.29 is 27.7 Å². The van der Waals surface area contributed by atoms with Crippen LogP contribution in [0.4, 0.5) is 11.4 Å². The number of esters is 1. The maximum absolute atomic E-state index is 12.3. The number of carbonyl (C=O) groups excluding carboxylic acids is 2. The van der Waals surface area contributed by atoms with Gasteiger partial charge in [-0.2, -0.15) is 0 Å². The van der Waals surface area contributed by atoms with Crippen LogP contribution < -0.4 is 9.62 Å². The molecule has 136 valence electrons. The van der Waals surface area contributed by atoms with Gasteiger partial charge < -0.3 is 9.64 Å². The highest BCUT2D eigenvalue weighted by Crippen LogP contribution is 2.26. The van der Waals surface area contributed by atoms with Crippen molar-refractivity contribution in [1.29, 1.82) is 0 Å². The Bertz CT molecular complexity index is 793. The fourth-order valence-corrected chi connectivity index (χ4v) is 2.97. The van der Waals surface area contributed by atoms with Crippen LogP contribution in [-0.2, 0) is 24.3 Å². The lowest BCUT2D eigenvalue weighted by atomic mass is 10.2. The molecule has 1 amide bonds. The lowest BCUT2D eigenvalue weighted by molar-refractivity contribution is -0.384. The lowest BCUT2D eigenvalue weighted by Gasteiger charge is -2.16. The van der Waals surface area contributed by atoms with Crippen molar-refractivity contribution in [2.45, 2.75) is 18.9 Å². The highest BCUT2D eigenvalue weighted by Gasteiger charge is 2.36. The molecule has 1 atom stereocenters. The third kappa shape index (κ3) is 4.73. The molecule has 0 spiro atoms. The summed E-state index contributed by atoms with van der Waals surface area (Å²) >= 11 is 0. The molecule has 25 heavy (non-hydrogen) atoms. The van der Waals surface area contributed by atoms with E-state index in [4.69, 9.17) is 4.74 Å². The van der Waals surface area contributed by atoms with Crippen molar-refractivity contribution in [3.63, 3.8) is 0 Å². The molecule has 0 aromatic heterocycles. The van der Waals surface area contributed by atoms with Gasteiger partial charge in [-0.3, -0.25) is 19.7 Å². The molecular weight excluding hydrogens is 354 g/mol. The highest BCUT2D eigenvalue weighted by atomic mass is 32.2. The molecule has 1 N–H and O–H groups in total. The van der Waals surface area contributed by atoms with E-state index < -0.39 is 38.7 Å². The first-order chi connectivity index (χ1) is 11.7. The van der Waals surface area contributed by atoms with Gasteiger partial charge in [0.15, 0.2) is 6.10 Å². The summed E-state index contributed by atoms with van der Waals surface area (Å²) in [5, 5.41) is 10.8. The molecule has 1 unspecified atom stereocenters. The molecule has 1 saturated heterocycles. The SMILES string of the molecule is CNS(=O)(=O)CCC(=O)OC1CCN(c2cccc([N+](=O)[O-])c2)C1=O.